The fourth-order valence-corrected chi connectivity index (χ4v) is 0. The van der Waals surface area contributed by atoms with Gasteiger partial charge in [-0.25, -0.2) is 4.79 Å². The molecule has 0 aromatic carbocycles. The van der Waals surface area contributed by atoms with E-state index in [1.54, 1.807) is 0 Å². The highest BCUT2D eigenvalue weighted by Crippen LogP contribution is 1.88. The second-order valence-corrected chi connectivity index (χ2v) is 1.38. The standard InChI is InChI=1S/C2H4FNOS/c1-4(6)2(3)5/h6H,1H3. The minimum atomic E-state index is -1.54. The number of rotatable bonds is 0. The van der Waals surface area contributed by atoms with Gasteiger partial charge in [0.2, 0.25) is 0 Å². The molecule has 0 saturated heterocycles. The van der Waals surface area contributed by atoms with Gasteiger partial charge < -0.3 is 0 Å². The molecule has 0 unspecified atom stereocenters. The number of carbonyl (C=O) groups is 1. The van der Waals surface area contributed by atoms with Crippen molar-refractivity contribution in [2.24, 2.45) is 0 Å². The molecule has 0 rings (SSSR count). The number of hydrogen-bond acceptors (Lipinski definition) is 2. The van der Waals surface area contributed by atoms with Crippen molar-refractivity contribution in [1.29, 1.82) is 0 Å². The lowest BCUT2D eigenvalue weighted by atomic mass is 11.2. The Morgan fingerprint density at radius 1 is 2.00 bits per heavy atom. The van der Waals surface area contributed by atoms with Crippen LogP contribution in [0.15, 0.2) is 0 Å². The second kappa shape index (κ2) is 2.02. The third-order valence-corrected chi connectivity index (χ3v) is 0.412. The Kier molecular flexibility index (Phi) is 1.94. The summed E-state index contributed by atoms with van der Waals surface area (Å²) in [6.45, 7) is 0. The van der Waals surface area contributed by atoms with E-state index in [0.717, 1.165) is 0 Å². The highest BCUT2D eigenvalue weighted by Gasteiger charge is 1.95. The smallest absolute Gasteiger partial charge is 0.264 e. The van der Waals surface area contributed by atoms with Crippen LogP contribution in [0.5, 0.6) is 0 Å². The van der Waals surface area contributed by atoms with Gasteiger partial charge in [0, 0.05) is 7.05 Å². The fraction of sp³-hybridized carbons (Fsp3) is 0.500. The van der Waals surface area contributed by atoms with E-state index in [4.69, 9.17) is 0 Å². The maximum absolute atomic E-state index is 11.0. The molecule has 0 spiro atoms. The van der Waals surface area contributed by atoms with Crippen LogP contribution in [0.2, 0.25) is 0 Å². The lowest BCUT2D eigenvalue weighted by Gasteiger charge is -1.95. The molecule has 0 bridgehead atoms. The number of amides is 1. The number of halogens is 1. The first-order chi connectivity index (χ1) is 2.64. The molecular formula is C2H4FNOS. The molecule has 0 saturated carbocycles. The molecule has 0 atom stereocenters. The Morgan fingerprint density at radius 3 is 2.17 bits per heavy atom. The summed E-state index contributed by atoms with van der Waals surface area (Å²) in [7, 11) is 1.21. The van der Waals surface area contributed by atoms with Gasteiger partial charge in [0.1, 0.15) is 0 Å². The van der Waals surface area contributed by atoms with Gasteiger partial charge in [0.05, 0.1) is 0 Å². The van der Waals surface area contributed by atoms with Crippen molar-refractivity contribution in [3.05, 3.63) is 0 Å². The Hall–Kier alpha value is -0.250. The van der Waals surface area contributed by atoms with Crippen LogP contribution < -0.4 is 0 Å². The molecule has 1 amide bonds. The topological polar surface area (TPSA) is 20.3 Å². The zero-order valence-corrected chi connectivity index (χ0v) is 4.08. The van der Waals surface area contributed by atoms with E-state index in [1.165, 1.54) is 7.05 Å². The van der Waals surface area contributed by atoms with Crippen LogP contribution in [0.3, 0.4) is 0 Å². The lowest BCUT2D eigenvalue weighted by Crippen LogP contribution is -2.06. The van der Waals surface area contributed by atoms with Gasteiger partial charge in [-0.2, -0.15) is 0 Å². The summed E-state index contributed by atoms with van der Waals surface area (Å²) in [4.78, 5) is 9.33. The van der Waals surface area contributed by atoms with Crippen molar-refractivity contribution in [1.82, 2.24) is 4.31 Å². The molecule has 2 nitrogen and oxygen atoms in total. The maximum Gasteiger partial charge on any atom is 0.409 e. The van der Waals surface area contributed by atoms with Crippen molar-refractivity contribution >= 4 is 19.0 Å². The molecule has 0 fully saturated rings. The zero-order valence-electron chi connectivity index (χ0n) is 3.18. The van der Waals surface area contributed by atoms with E-state index >= 15 is 0 Å². The predicted octanol–water partition coefficient (Wildman–Crippen LogP) is 0.853. The summed E-state index contributed by atoms with van der Waals surface area (Å²) in [5.41, 5.74) is 0. The van der Waals surface area contributed by atoms with Crippen LogP contribution in [-0.4, -0.2) is 17.5 Å². The summed E-state index contributed by atoms with van der Waals surface area (Å²) in [5, 5.41) is 0. The molecule has 0 aromatic rings. The van der Waals surface area contributed by atoms with Gasteiger partial charge in [0.25, 0.3) is 0 Å². The quantitative estimate of drug-likeness (QED) is 0.278. The van der Waals surface area contributed by atoms with E-state index in [9.17, 15) is 9.18 Å². The molecule has 36 valence electrons. The molecule has 0 aliphatic rings. The number of nitrogens with zero attached hydrogens (tertiary/aromatic N) is 1. The number of thiol groups is 1. The van der Waals surface area contributed by atoms with E-state index in [-0.39, 0.29) is 0 Å². The largest absolute Gasteiger partial charge is 0.409 e. The monoisotopic (exact) mass is 109 g/mol. The van der Waals surface area contributed by atoms with Crippen LogP contribution in [0.25, 0.3) is 0 Å². The third-order valence-electron chi connectivity index (χ3n) is 0.254. The Bertz CT molecular complexity index is 64.6. The first-order valence-corrected chi connectivity index (χ1v) is 1.66. The van der Waals surface area contributed by atoms with Gasteiger partial charge in [-0.3, -0.25) is 4.31 Å². The van der Waals surface area contributed by atoms with Crippen LogP contribution >= 0.6 is 12.8 Å². The van der Waals surface area contributed by atoms with E-state index < -0.39 is 6.16 Å². The van der Waals surface area contributed by atoms with Crippen molar-refractivity contribution in [2.75, 3.05) is 7.05 Å². The Balaban J connectivity index is 3.26. The molecule has 0 N–H and O–H groups in total. The minimum absolute atomic E-state index is 0.556. The maximum atomic E-state index is 11.0. The Labute approximate surface area is 40.5 Å². The minimum Gasteiger partial charge on any atom is -0.264 e. The summed E-state index contributed by atoms with van der Waals surface area (Å²) < 4.78 is 11.6. The number of carbonyl (C=O) groups excluding carboxylic acids is 1. The highest BCUT2D eigenvalue weighted by molar-refractivity contribution is 7.78. The Morgan fingerprint density at radius 2 is 2.17 bits per heavy atom. The molecule has 4 heteroatoms. The predicted molar refractivity (Wildman–Crippen MR) is 23.3 cm³/mol. The average Bonchev–Trinajstić information content (AvgIpc) is 1.36. The molecule has 0 aromatic heterocycles. The summed E-state index contributed by atoms with van der Waals surface area (Å²) in [6.07, 6.45) is -1.54. The first kappa shape index (κ1) is 5.75. The highest BCUT2D eigenvalue weighted by atomic mass is 32.1. The normalized spacial score (nSPS) is 7.83. The van der Waals surface area contributed by atoms with Gasteiger partial charge >= 0.3 is 6.16 Å². The van der Waals surface area contributed by atoms with Gasteiger partial charge in [-0.1, -0.05) is 12.8 Å². The van der Waals surface area contributed by atoms with Crippen molar-refractivity contribution in [2.45, 2.75) is 0 Å². The molecule has 0 aliphatic heterocycles. The molecule has 6 heavy (non-hydrogen) atoms. The number of hydrogen-bond donors (Lipinski definition) is 1. The molecular weight excluding hydrogens is 105 g/mol. The summed E-state index contributed by atoms with van der Waals surface area (Å²) in [6, 6.07) is 0. The fourth-order valence-electron chi connectivity index (χ4n) is 0. The van der Waals surface area contributed by atoms with Crippen LogP contribution in [0.1, 0.15) is 0 Å². The van der Waals surface area contributed by atoms with E-state index in [0.29, 0.717) is 4.31 Å². The SMILES string of the molecule is CN(S)C(=O)F. The lowest BCUT2D eigenvalue weighted by molar-refractivity contribution is 0.210. The summed E-state index contributed by atoms with van der Waals surface area (Å²) in [5.74, 6) is 0. The first-order valence-electron chi connectivity index (χ1n) is 1.26. The van der Waals surface area contributed by atoms with Crippen molar-refractivity contribution in [3.63, 3.8) is 0 Å². The molecule has 0 radical (unpaired) electrons. The van der Waals surface area contributed by atoms with Gasteiger partial charge in [-0.15, -0.1) is 4.39 Å². The van der Waals surface area contributed by atoms with Gasteiger partial charge in [0.15, 0.2) is 0 Å². The average molecular weight is 109 g/mol. The zero-order chi connectivity index (χ0) is 5.15. The van der Waals surface area contributed by atoms with Crippen LogP contribution in [0.4, 0.5) is 9.18 Å². The summed E-state index contributed by atoms with van der Waals surface area (Å²) >= 11 is 3.30. The van der Waals surface area contributed by atoms with Crippen molar-refractivity contribution < 1.29 is 9.18 Å². The van der Waals surface area contributed by atoms with Crippen molar-refractivity contribution in [3.8, 4) is 0 Å². The van der Waals surface area contributed by atoms with Crippen LogP contribution in [0, 0.1) is 0 Å². The van der Waals surface area contributed by atoms with Gasteiger partial charge in [-0.05, 0) is 0 Å². The molecule has 0 heterocycles. The second-order valence-electron chi connectivity index (χ2n) is 0.777. The third kappa shape index (κ3) is 2.02. The van der Waals surface area contributed by atoms with E-state index in [1.807, 2.05) is 0 Å². The molecule has 0 aliphatic carbocycles. The van der Waals surface area contributed by atoms with E-state index in [2.05, 4.69) is 12.8 Å². The van der Waals surface area contributed by atoms with Crippen LogP contribution in [-0.2, 0) is 0 Å².